The fraction of sp³-hybridized carbons (Fsp3) is 0.417. The Bertz CT molecular complexity index is 510. The Labute approximate surface area is 117 Å². The number of benzene rings is 1. The summed E-state index contributed by atoms with van der Waals surface area (Å²) in [6.07, 6.45) is 0.631. The zero-order valence-electron chi connectivity index (χ0n) is 11.0. The van der Waals surface area contributed by atoms with E-state index in [1.165, 1.54) is 0 Å². The van der Waals surface area contributed by atoms with Crippen LogP contribution in [0.3, 0.4) is 0 Å². The second-order valence-electron chi connectivity index (χ2n) is 4.12. The van der Waals surface area contributed by atoms with E-state index in [0.29, 0.717) is 13.0 Å². The minimum absolute atomic E-state index is 0.355. The molecule has 1 aromatic carbocycles. The Kier molecular flexibility index (Phi) is 5.89. The first-order valence-electron chi connectivity index (χ1n) is 5.98. The lowest BCUT2D eigenvalue weighted by Crippen LogP contribution is -2.45. The van der Waals surface area contributed by atoms with Crippen LogP contribution in [-0.2, 0) is 4.79 Å². The standard InChI is InChI=1S/C12H13F5N2O2/c1-2-3-19-5(12(18)20)4-21-11-9(16)7(14)6(13)8(15)10(11)17/h5,19H,2-4H2,1H3,(H2,18,20). The van der Waals surface area contributed by atoms with E-state index in [0.717, 1.165) is 0 Å². The molecule has 1 atom stereocenters. The highest BCUT2D eigenvalue weighted by Crippen LogP contribution is 2.29. The summed E-state index contributed by atoms with van der Waals surface area (Å²) >= 11 is 0. The molecule has 118 valence electrons. The van der Waals surface area contributed by atoms with Crippen molar-refractivity contribution < 1.29 is 31.5 Å². The predicted molar refractivity (Wildman–Crippen MR) is 63.0 cm³/mol. The molecule has 4 nitrogen and oxygen atoms in total. The van der Waals surface area contributed by atoms with Gasteiger partial charge in [-0.05, 0) is 13.0 Å². The molecule has 9 heteroatoms. The molecule has 0 bridgehead atoms. The topological polar surface area (TPSA) is 64.3 Å². The van der Waals surface area contributed by atoms with Crippen LogP contribution >= 0.6 is 0 Å². The molecule has 1 aromatic rings. The first-order chi connectivity index (χ1) is 9.81. The molecule has 0 aromatic heterocycles. The number of rotatable bonds is 7. The number of hydrogen-bond acceptors (Lipinski definition) is 3. The zero-order valence-corrected chi connectivity index (χ0v) is 11.0. The van der Waals surface area contributed by atoms with Crippen LogP contribution in [-0.4, -0.2) is 25.1 Å². The minimum Gasteiger partial charge on any atom is -0.485 e. The molecular formula is C12H13F5N2O2. The highest BCUT2D eigenvalue weighted by molar-refractivity contribution is 5.80. The van der Waals surface area contributed by atoms with Crippen molar-refractivity contribution >= 4 is 5.91 Å². The van der Waals surface area contributed by atoms with Gasteiger partial charge in [-0.25, -0.2) is 13.2 Å². The number of hydrogen-bond donors (Lipinski definition) is 2. The van der Waals surface area contributed by atoms with Crippen LogP contribution in [0.2, 0.25) is 0 Å². The SMILES string of the molecule is CCCNC(COc1c(F)c(F)c(F)c(F)c1F)C(N)=O. The molecule has 0 fully saturated rings. The Balaban J connectivity index is 2.95. The first kappa shape index (κ1) is 17.2. The van der Waals surface area contributed by atoms with Gasteiger partial charge in [0.2, 0.25) is 35.0 Å². The molecule has 1 rings (SSSR count). The van der Waals surface area contributed by atoms with Crippen molar-refractivity contribution in [3.05, 3.63) is 29.1 Å². The summed E-state index contributed by atoms with van der Waals surface area (Å²) < 4.78 is 69.9. The van der Waals surface area contributed by atoms with Crippen molar-refractivity contribution in [2.24, 2.45) is 5.73 Å². The normalized spacial score (nSPS) is 12.3. The summed E-state index contributed by atoms with van der Waals surface area (Å²) in [4.78, 5) is 11.1. The molecule has 0 saturated carbocycles. The van der Waals surface area contributed by atoms with Gasteiger partial charge in [0.05, 0.1) is 0 Å². The van der Waals surface area contributed by atoms with E-state index >= 15 is 0 Å². The van der Waals surface area contributed by atoms with Crippen LogP contribution in [0.25, 0.3) is 0 Å². The molecule has 1 unspecified atom stereocenters. The number of halogens is 5. The lowest BCUT2D eigenvalue weighted by atomic mass is 10.2. The van der Waals surface area contributed by atoms with E-state index in [1.807, 2.05) is 0 Å². The van der Waals surface area contributed by atoms with Gasteiger partial charge in [0.15, 0.2) is 5.75 Å². The zero-order chi connectivity index (χ0) is 16.2. The minimum atomic E-state index is -2.28. The molecule has 0 aliphatic rings. The second kappa shape index (κ2) is 7.21. The van der Waals surface area contributed by atoms with Crippen molar-refractivity contribution in [3.63, 3.8) is 0 Å². The average Bonchev–Trinajstić information content (AvgIpc) is 2.45. The van der Waals surface area contributed by atoms with Crippen molar-refractivity contribution in [1.82, 2.24) is 5.32 Å². The highest BCUT2D eigenvalue weighted by Gasteiger charge is 2.28. The van der Waals surface area contributed by atoms with Gasteiger partial charge in [-0.15, -0.1) is 0 Å². The molecule has 1 amide bonds. The van der Waals surface area contributed by atoms with Gasteiger partial charge in [-0.2, -0.15) is 8.78 Å². The molecule has 0 saturated heterocycles. The fourth-order valence-electron chi connectivity index (χ4n) is 1.44. The summed E-state index contributed by atoms with van der Waals surface area (Å²) in [5.74, 6) is -13.1. The Hall–Kier alpha value is -1.90. The van der Waals surface area contributed by atoms with Gasteiger partial charge in [-0.3, -0.25) is 4.79 Å². The summed E-state index contributed by atoms with van der Waals surface area (Å²) in [5.41, 5.74) is 5.02. The van der Waals surface area contributed by atoms with Crippen LogP contribution in [0, 0.1) is 29.1 Å². The van der Waals surface area contributed by atoms with E-state index in [-0.39, 0.29) is 0 Å². The van der Waals surface area contributed by atoms with Gasteiger partial charge in [0, 0.05) is 0 Å². The van der Waals surface area contributed by atoms with Crippen LogP contribution in [0.5, 0.6) is 5.75 Å². The lowest BCUT2D eigenvalue weighted by Gasteiger charge is -2.16. The number of carbonyl (C=O) groups excluding carboxylic acids is 1. The van der Waals surface area contributed by atoms with Gasteiger partial charge in [-0.1, -0.05) is 6.92 Å². The molecule has 0 spiro atoms. The summed E-state index contributed by atoms with van der Waals surface area (Å²) in [5, 5.41) is 2.61. The van der Waals surface area contributed by atoms with Crippen LogP contribution in [0.15, 0.2) is 0 Å². The van der Waals surface area contributed by atoms with E-state index in [4.69, 9.17) is 5.73 Å². The van der Waals surface area contributed by atoms with Crippen LogP contribution < -0.4 is 15.8 Å². The lowest BCUT2D eigenvalue weighted by molar-refractivity contribution is -0.120. The summed E-state index contributed by atoms with van der Waals surface area (Å²) in [6, 6.07) is -1.13. The van der Waals surface area contributed by atoms with E-state index < -0.39 is 53.4 Å². The third-order valence-corrected chi connectivity index (χ3v) is 2.55. The van der Waals surface area contributed by atoms with Crippen LogP contribution in [0.4, 0.5) is 22.0 Å². The summed E-state index contributed by atoms with van der Waals surface area (Å²) in [6.45, 7) is 1.47. The van der Waals surface area contributed by atoms with Crippen LogP contribution in [0.1, 0.15) is 13.3 Å². The number of nitrogens with one attached hydrogen (secondary N) is 1. The molecule has 0 heterocycles. The maximum Gasteiger partial charge on any atom is 0.238 e. The Morgan fingerprint density at radius 3 is 2.00 bits per heavy atom. The predicted octanol–water partition coefficient (Wildman–Crippen LogP) is 1.61. The quantitative estimate of drug-likeness (QED) is 0.457. The van der Waals surface area contributed by atoms with E-state index in [9.17, 15) is 26.7 Å². The molecule has 0 radical (unpaired) electrons. The molecule has 0 aliphatic carbocycles. The van der Waals surface area contributed by atoms with Crippen molar-refractivity contribution in [2.75, 3.05) is 13.2 Å². The maximum atomic E-state index is 13.3. The number of amides is 1. The average molecular weight is 312 g/mol. The van der Waals surface area contributed by atoms with Gasteiger partial charge in [0.1, 0.15) is 12.6 Å². The monoisotopic (exact) mass is 312 g/mol. The number of carbonyl (C=O) groups is 1. The van der Waals surface area contributed by atoms with E-state index in [1.54, 1.807) is 6.92 Å². The number of ether oxygens (including phenoxy) is 1. The molecule has 0 aliphatic heterocycles. The number of nitrogens with two attached hydrogens (primary N) is 1. The van der Waals surface area contributed by atoms with Crippen molar-refractivity contribution in [1.29, 1.82) is 0 Å². The van der Waals surface area contributed by atoms with Gasteiger partial charge in [0.25, 0.3) is 0 Å². The highest BCUT2D eigenvalue weighted by atomic mass is 19.2. The molecule has 3 N–H and O–H groups in total. The Morgan fingerprint density at radius 1 is 1.10 bits per heavy atom. The smallest absolute Gasteiger partial charge is 0.238 e. The summed E-state index contributed by atoms with van der Waals surface area (Å²) in [7, 11) is 0. The first-order valence-corrected chi connectivity index (χ1v) is 5.98. The van der Waals surface area contributed by atoms with Gasteiger partial charge >= 0.3 is 0 Å². The fourth-order valence-corrected chi connectivity index (χ4v) is 1.44. The second-order valence-corrected chi connectivity index (χ2v) is 4.12. The van der Waals surface area contributed by atoms with Crippen molar-refractivity contribution in [2.45, 2.75) is 19.4 Å². The molecular weight excluding hydrogens is 299 g/mol. The van der Waals surface area contributed by atoms with Gasteiger partial charge < -0.3 is 15.8 Å². The third kappa shape index (κ3) is 3.81. The van der Waals surface area contributed by atoms with Crippen molar-refractivity contribution in [3.8, 4) is 5.75 Å². The molecule has 21 heavy (non-hydrogen) atoms. The third-order valence-electron chi connectivity index (χ3n) is 2.55. The maximum absolute atomic E-state index is 13.3. The Morgan fingerprint density at radius 2 is 1.57 bits per heavy atom. The number of primary amides is 1. The van der Waals surface area contributed by atoms with E-state index in [2.05, 4.69) is 10.1 Å². The largest absolute Gasteiger partial charge is 0.485 e.